The first kappa shape index (κ1) is 13.6. The predicted molar refractivity (Wildman–Crippen MR) is 84.3 cm³/mol. The van der Waals surface area contributed by atoms with Gasteiger partial charge in [-0.05, 0) is 31.1 Å². The molecule has 3 aliphatic heterocycles. The maximum atomic E-state index is 13.1. The van der Waals surface area contributed by atoms with Gasteiger partial charge >= 0.3 is 11.4 Å². The van der Waals surface area contributed by atoms with Crippen LogP contribution in [0.1, 0.15) is 36.2 Å². The molecule has 1 spiro atoms. The van der Waals surface area contributed by atoms with Gasteiger partial charge in [0, 0.05) is 13.5 Å². The minimum Gasteiger partial charge on any atom is -0.461 e. The number of ether oxygens (including phenoxy) is 1. The van der Waals surface area contributed by atoms with Crippen molar-refractivity contribution in [2.45, 2.75) is 31.5 Å². The molecule has 2 bridgehead atoms. The van der Waals surface area contributed by atoms with Crippen LogP contribution < -0.4 is 16.1 Å². The predicted octanol–water partition coefficient (Wildman–Crippen LogP) is 0.942. The van der Waals surface area contributed by atoms with Crippen LogP contribution in [0.15, 0.2) is 45.0 Å². The molecular formula is C17H15N3O4. The van der Waals surface area contributed by atoms with Gasteiger partial charge in [0.05, 0.1) is 17.2 Å². The normalized spacial score (nSPS) is 26.8. The average molecular weight is 325 g/mol. The summed E-state index contributed by atoms with van der Waals surface area (Å²) in [6.45, 7) is 1.86. The Kier molecular flexibility index (Phi) is 2.25. The molecule has 7 heteroatoms. The summed E-state index contributed by atoms with van der Waals surface area (Å²) in [5.74, 6) is 0.336. The minimum atomic E-state index is -1.22. The lowest BCUT2D eigenvalue weighted by Gasteiger charge is -2.50. The van der Waals surface area contributed by atoms with Crippen LogP contribution in [-0.2, 0) is 12.8 Å². The molecule has 6 rings (SSSR count). The Morgan fingerprint density at radius 2 is 1.92 bits per heavy atom. The summed E-state index contributed by atoms with van der Waals surface area (Å²) >= 11 is 0. The van der Waals surface area contributed by atoms with E-state index in [1.807, 2.05) is 6.92 Å². The SMILES string of the molecule is CC1=C2C(=O)c3ccccc3O[C@]23CC[C@H]1n1c(=O)n(C)c(=O)n13. The molecule has 24 heavy (non-hydrogen) atoms. The van der Waals surface area contributed by atoms with Crippen molar-refractivity contribution in [1.82, 2.24) is 13.9 Å². The number of ketones is 1. The zero-order valence-corrected chi connectivity index (χ0v) is 13.3. The number of nitrogens with zero attached hydrogens (tertiary/aromatic N) is 3. The summed E-state index contributed by atoms with van der Waals surface area (Å²) in [6.07, 6.45) is 1.15. The topological polar surface area (TPSA) is 75.2 Å². The van der Waals surface area contributed by atoms with E-state index in [4.69, 9.17) is 4.74 Å². The van der Waals surface area contributed by atoms with Crippen molar-refractivity contribution in [3.05, 3.63) is 61.9 Å². The molecule has 0 radical (unpaired) electrons. The van der Waals surface area contributed by atoms with E-state index < -0.39 is 11.4 Å². The van der Waals surface area contributed by atoms with Crippen molar-refractivity contribution in [3.63, 3.8) is 0 Å². The number of hydrogen-bond donors (Lipinski definition) is 0. The van der Waals surface area contributed by atoms with Crippen LogP contribution in [0.3, 0.4) is 0 Å². The molecule has 1 aliphatic carbocycles. The van der Waals surface area contributed by atoms with E-state index >= 15 is 0 Å². The number of fused-ring (bicyclic) bond motifs is 2. The van der Waals surface area contributed by atoms with Gasteiger partial charge in [-0.25, -0.2) is 18.8 Å². The molecule has 2 atom stereocenters. The number of carbonyl (C=O) groups is 1. The second kappa shape index (κ2) is 3.98. The summed E-state index contributed by atoms with van der Waals surface area (Å²) < 4.78 is 10.1. The number of Topliss-reactive ketones (excluding diaryl/α,β-unsaturated/α-hetero) is 1. The molecule has 0 N–H and O–H groups in total. The van der Waals surface area contributed by atoms with E-state index in [0.29, 0.717) is 29.7 Å². The summed E-state index contributed by atoms with van der Waals surface area (Å²) in [6, 6.07) is 6.76. The van der Waals surface area contributed by atoms with Crippen LogP contribution >= 0.6 is 0 Å². The summed E-state index contributed by atoms with van der Waals surface area (Å²) in [7, 11) is 1.45. The lowest BCUT2D eigenvalue weighted by atomic mass is 9.75. The number of benzene rings is 1. The van der Waals surface area contributed by atoms with Gasteiger partial charge in [0.15, 0.2) is 5.78 Å². The van der Waals surface area contributed by atoms with E-state index in [2.05, 4.69) is 0 Å². The highest BCUT2D eigenvalue weighted by molar-refractivity contribution is 6.13. The highest BCUT2D eigenvalue weighted by Gasteiger charge is 2.58. The van der Waals surface area contributed by atoms with Gasteiger partial charge in [-0.2, -0.15) is 4.68 Å². The molecule has 2 aromatic rings. The number of rotatable bonds is 0. The number of hydrogen-bond acceptors (Lipinski definition) is 4. The second-order valence-corrected chi connectivity index (χ2v) is 6.60. The van der Waals surface area contributed by atoms with Crippen molar-refractivity contribution in [3.8, 4) is 5.75 Å². The van der Waals surface area contributed by atoms with E-state index in [0.717, 1.165) is 10.1 Å². The Labute approximate surface area is 136 Å². The molecule has 7 nitrogen and oxygen atoms in total. The van der Waals surface area contributed by atoms with Crippen molar-refractivity contribution in [1.29, 1.82) is 0 Å². The van der Waals surface area contributed by atoms with Gasteiger partial charge in [0.1, 0.15) is 5.75 Å². The Bertz CT molecular complexity index is 1080. The summed E-state index contributed by atoms with van der Waals surface area (Å²) in [5, 5.41) is 0. The van der Waals surface area contributed by atoms with Gasteiger partial charge in [0.2, 0.25) is 5.72 Å². The number of carbonyl (C=O) groups excluding carboxylic acids is 1. The molecule has 1 aromatic carbocycles. The molecule has 0 fully saturated rings. The first-order valence-corrected chi connectivity index (χ1v) is 7.92. The van der Waals surface area contributed by atoms with E-state index in [1.54, 1.807) is 24.3 Å². The smallest absolute Gasteiger partial charge is 0.350 e. The largest absolute Gasteiger partial charge is 0.461 e. The molecule has 0 unspecified atom stereocenters. The summed E-state index contributed by atoms with van der Waals surface area (Å²) in [5.41, 5.74) is -0.234. The fourth-order valence-electron chi connectivity index (χ4n) is 4.38. The molecule has 4 aliphatic rings. The number of aromatic nitrogens is 3. The van der Waals surface area contributed by atoms with Crippen LogP contribution in [-0.4, -0.2) is 19.7 Å². The highest BCUT2D eigenvalue weighted by atomic mass is 16.5. The van der Waals surface area contributed by atoms with Crippen molar-refractivity contribution < 1.29 is 9.53 Å². The summed E-state index contributed by atoms with van der Waals surface area (Å²) in [4.78, 5) is 38.3. The average Bonchev–Trinajstić information content (AvgIpc) is 2.81. The van der Waals surface area contributed by atoms with Gasteiger partial charge in [-0.3, -0.25) is 4.79 Å². The lowest BCUT2D eigenvalue weighted by Crippen LogP contribution is -2.60. The fourth-order valence-corrected chi connectivity index (χ4v) is 4.38. The van der Waals surface area contributed by atoms with Gasteiger partial charge in [-0.15, -0.1) is 0 Å². The third kappa shape index (κ3) is 1.25. The van der Waals surface area contributed by atoms with Crippen LogP contribution in [0, 0.1) is 0 Å². The second-order valence-electron chi connectivity index (χ2n) is 6.60. The standard InChI is InChI=1S/C17H15N3O4/c1-9-11-7-8-17(20-16(23)18(2)15(22)19(11)20)13(9)14(21)10-5-3-4-6-12(10)24-17/h3-6,11H,7-8H2,1-2H3/t11-,17-/m1/s1. The van der Waals surface area contributed by atoms with Gasteiger partial charge in [0.25, 0.3) is 0 Å². The van der Waals surface area contributed by atoms with Crippen LogP contribution in [0.4, 0.5) is 0 Å². The fraction of sp³-hybridized carbons (Fsp3) is 0.353. The molecule has 1 aromatic heterocycles. The van der Waals surface area contributed by atoms with Gasteiger partial charge < -0.3 is 4.74 Å². The first-order valence-electron chi connectivity index (χ1n) is 7.92. The van der Waals surface area contributed by atoms with Crippen LogP contribution in [0.25, 0.3) is 0 Å². The van der Waals surface area contributed by atoms with E-state index in [9.17, 15) is 14.4 Å². The quantitative estimate of drug-likeness (QED) is 0.722. The molecule has 0 amide bonds. The molecule has 122 valence electrons. The Hall–Kier alpha value is -2.83. The van der Waals surface area contributed by atoms with E-state index in [-0.39, 0.29) is 17.5 Å². The molecule has 0 saturated carbocycles. The van der Waals surface area contributed by atoms with E-state index in [1.165, 1.54) is 16.4 Å². The third-order valence-electron chi connectivity index (χ3n) is 5.48. The van der Waals surface area contributed by atoms with Crippen molar-refractivity contribution in [2.75, 3.05) is 0 Å². The zero-order chi connectivity index (χ0) is 16.8. The van der Waals surface area contributed by atoms with Crippen molar-refractivity contribution in [2.24, 2.45) is 7.05 Å². The van der Waals surface area contributed by atoms with Crippen LogP contribution in [0.2, 0.25) is 0 Å². The molecule has 4 heterocycles. The first-order chi connectivity index (χ1) is 11.5. The maximum Gasteiger partial charge on any atom is 0.350 e. The van der Waals surface area contributed by atoms with Crippen LogP contribution in [0.5, 0.6) is 5.75 Å². The maximum absolute atomic E-state index is 13.1. The number of allylic oxidation sites excluding steroid dienone is 1. The lowest BCUT2D eigenvalue weighted by molar-refractivity contribution is -0.0540. The minimum absolute atomic E-state index is 0.117. The Morgan fingerprint density at radius 1 is 1.17 bits per heavy atom. The zero-order valence-electron chi connectivity index (χ0n) is 13.3. The van der Waals surface area contributed by atoms with Gasteiger partial charge in [-0.1, -0.05) is 12.1 Å². The monoisotopic (exact) mass is 325 g/mol. The Balaban J connectivity index is 1.93. The third-order valence-corrected chi connectivity index (χ3v) is 5.48. The Morgan fingerprint density at radius 3 is 2.71 bits per heavy atom. The highest BCUT2D eigenvalue weighted by Crippen LogP contribution is 2.52. The molecular weight excluding hydrogens is 310 g/mol. The molecule has 0 saturated heterocycles. The van der Waals surface area contributed by atoms with Crippen molar-refractivity contribution >= 4 is 5.78 Å². The number of para-hydroxylation sites is 1.